The minimum absolute atomic E-state index is 0.0298. The number of thioether (sulfide) groups is 1. The molecule has 1 aromatic heterocycles. The Labute approximate surface area is 156 Å². The van der Waals surface area contributed by atoms with Gasteiger partial charge in [0.15, 0.2) is 5.82 Å². The topological polar surface area (TPSA) is 72.7 Å². The van der Waals surface area contributed by atoms with Gasteiger partial charge in [-0.1, -0.05) is 30.3 Å². The van der Waals surface area contributed by atoms with E-state index in [1.54, 1.807) is 0 Å². The molecular weight excluding hydrogens is 346 g/mol. The molecule has 1 aliphatic rings. The first-order valence-corrected chi connectivity index (χ1v) is 9.49. The zero-order valence-corrected chi connectivity index (χ0v) is 15.2. The third kappa shape index (κ3) is 3.77. The Morgan fingerprint density at radius 1 is 1.19 bits per heavy atom. The number of carbonyl (C=O) groups excluding carboxylic acids is 1. The summed E-state index contributed by atoms with van der Waals surface area (Å²) in [6, 6.07) is 18.0. The summed E-state index contributed by atoms with van der Waals surface area (Å²) in [5.41, 5.74) is 1.65. The largest absolute Gasteiger partial charge is 0.325 e. The summed E-state index contributed by atoms with van der Waals surface area (Å²) in [7, 11) is 0. The number of aromatic nitrogens is 4. The average Bonchev–Trinajstić information content (AvgIpc) is 3.39. The maximum atomic E-state index is 12.5. The maximum absolute atomic E-state index is 12.5. The van der Waals surface area contributed by atoms with Gasteiger partial charge in [0.1, 0.15) is 0 Å². The van der Waals surface area contributed by atoms with E-state index in [1.807, 2.05) is 66.2 Å². The Bertz CT molecular complexity index is 907. The molecule has 1 saturated carbocycles. The van der Waals surface area contributed by atoms with Crippen LogP contribution in [-0.4, -0.2) is 31.4 Å². The van der Waals surface area contributed by atoms with E-state index in [9.17, 15) is 4.79 Å². The van der Waals surface area contributed by atoms with E-state index in [0.717, 1.165) is 34.8 Å². The summed E-state index contributed by atoms with van der Waals surface area (Å²) in [5, 5.41) is 14.8. The zero-order valence-electron chi connectivity index (χ0n) is 14.4. The molecule has 26 heavy (non-hydrogen) atoms. The Balaban J connectivity index is 1.46. The van der Waals surface area contributed by atoms with Crippen LogP contribution in [0.15, 0.2) is 59.5 Å². The summed E-state index contributed by atoms with van der Waals surface area (Å²) in [6.45, 7) is 1.91. The highest BCUT2D eigenvalue weighted by Gasteiger charge is 2.28. The highest BCUT2D eigenvalue weighted by Crippen LogP contribution is 2.36. The molecule has 0 aliphatic heterocycles. The fourth-order valence-electron chi connectivity index (χ4n) is 2.69. The molecule has 4 rings (SSSR count). The number of tetrazole rings is 1. The molecule has 0 spiro atoms. The summed E-state index contributed by atoms with van der Waals surface area (Å²) in [5.74, 6) is 0.716. The monoisotopic (exact) mass is 365 g/mol. The lowest BCUT2D eigenvalue weighted by Gasteiger charge is -2.12. The van der Waals surface area contributed by atoms with Gasteiger partial charge in [0.2, 0.25) is 5.91 Å². The van der Waals surface area contributed by atoms with Crippen molar-refractivity contribution < 1.29 is 4.79 Å². The lowest BCUT2D eigenvalue weighted by molar-refractivity contribution is -0.115. The molecule has 0 radical (unpaired) electrons. The molecule has 2 aromatic carbocycles. The van der Waals surface area contributed by atoms with Gasteiger partial charge in [-0.3, -0.25) is 4.79 Å². The van der Waals surface area contributed by atoms with Gasteiger partial charge in [-0.25, -0.2) is 4.68 Å². The Morgan fingerprint density at radius 2 is 2.00 bits per heavy atom. The van der Waals surface area contributed by atoms with Crippen LogP contribution in [0.2, 0.25) is 0 Å². The molecule has 1 atom stereocenters. The van der Waals surface area contributed by atoms with Gasteiger partial charge in [0.25, 0.3) is 0 Å². The van der Waals surface area contributed by atoms with Crippen LogP contribution in [0.25, 0.3) is 11.4 Å². The molecule has 0 saturated heterocycles. The number of hydrogen-bond acceptors (Lipinski definition) is 5. The van der Waals surface area contributed by atoms with Gasteiger partial charge < -0.3 is 5.32 Å². The standard InChI is InChI=1S/C19H19N5OS/c1-13(26-17-8-3-2-4-9-17)19(25)20-15-7-5-6-14(12-15)18-21-22-23-24(18)16-10-11-16/h2-9,12-13,16H,10-11H2,1H3,(H,20,25)/t13-/m0/s1. The van der Waals surface area contributed by atoms with E-state index in [4.69, 9.17) is 0 Å². The van der Waals surface area contributed by atoms with Crippen molar-refractivity contribution in [1.29, 1.82) is 0 Å². The lowest BCUT2D eigenvalue weighted by Crippen LogP contribution is -2.22. The number of nitrogens with one attached hydrogen (secondary N) is 1. The lowest BCUT2D eigenvalue weighted by atomic mass is 10.2. The van der Waals surface area contributed by atoms with Crippen molar-refractivity contribution >= 4 is 23.4 Å². The SMILES string of the molecule is C[C@H](Sc1ccccc1)C(=O)Nc1cccc(-c2nnnn2C2CC2)c1. The molecule has 0 bridgehead atoms. The summed E-state index contributed by atoms with van der Waals surface area (Å²) in [4.78, 5) is 13.6. The molecular formula is C19H19N5OS. The van der Waals surface area contributed by atoms with Crippen LogP contribution >= 0.6 is 11.8 Å². The normalized spacial score (nSPS) is 14.8. The van der Waals surface area contributed by atoms with E-state index >= 15 is 0 Å². The van der Waals surface area contributed by atoms with Crippen molar-refractivity contribution in [3.05, 3.63) is 54.6 Å². The Morgan fingerprint density at radius 3 is 2.77 bits per heavy atom. The zero-order chi connectivity index (χ0) is 17.9. The molecule has 0 unspecified atom stereocenters. The van der Waals surface area contributed by atoms with Gasteiger partial charge in [0.05, 0.1) is 11.3 Å². The van der Waals surface area contributed by atoms with Crippen LogP contribution in [0.1, 0.15) is 25.8 Å². The highest BCUT2D eigenvalue weighted by atomic mass is 32.2. The summed E-state index contributed by atoms with van der Waals surface area (Å²) in [6.07, 6.45) is 2.23. The van der Waals surface area contributed by atoms with E-state index in [0.29, 0.717) is 6.04 Å². The van der Waals surface area contributed by atoms with Crippen LogP contribution in [0.3, 0.4) is 0 Å². The van der Waals surface area contributed by atoms with Gasteiger partial charge >= 0.3 is 0 Å². The van der Waals surface area contributed by atoms with E-state index in [2.05, 4.69) is 20.8 Å². The number of anilines is 1. The van der Waals surface area contributed by atoms with Crippen LogP contribution in [-0.2, 0) is 4.79 Å². The first kappa shape index (κ1) is 16.8. The number of carbonyl (C=O) groups is 1. The van der Waals surface area contributed by atoms with Crippen molar-refractivity contribution in [3.8, 4) is 11.4 Å². The van der Waals surface area contributed by atoms with Crippen molar-refractivity contribution in [2.24, 2.45) is 0 Å². The molecule has 132 valence electrons. The second-order valence-corrected chi connectivity index (χ2v) is 7.74. The average molecular weight is 365 g/mol. The van der Waals surface area contributed by atoms with E-state index < -0.39 is 0 Å². The Kier molecular flexibility index (Phi) is 4.71. The molecule has 1 N–H and O–H groups in total. The fraction of sp³-hybridized carbons (Fsp3) is 0.263. The van der Waals surface area contributed by atoms with Gasteiger partial charge in [-0.05, 0) is 54.5 Å². The van der Waals surface area contributed by atoms with E-state index in [1.165, 1.54) is 11.8 Å². The highest BCUT2D eigenvalue weighted by molar-refractivity contribution is 8.00. The van der Waals surface area contributed by atoms with Crippen molar-refractivity contribution in [2.75, 3.05) is 5.32 Å². The number of rotatable bonds is 6. The molecule has 1 amide bonds. The first-order chi connectivity index (χ1) is 12.7. The van der Waals surface area contributed by atoms with Gasteiger partial charge in [0, 0.05) is 16.1 Å². The first-order valence-electron chi connectivity index (χ1n) is 8.61. The van der Waals surface area contributed by atoms with Crippen LogP contribution in [0.5, 0.6) is 0 Å². The van der Waals surface area contributed by atoms with Crippen LogP contribution < -0.4 is 5.32 Å². The predicted molar refractivity (Wildman–Crippen MR) is 102 cm³/mol. The smallest absolute Gasteiger partial charge is 0.237 e. The van der Waals surface area contributed by atoms with Gasteiger partial charge in [-0.2, -0.15) is 0 Å². The minimum Gasteiger partial charge on any atom is -0.325 e. The summed E-state index contributed by atoms with van der Waals surface area (Å²) < 4.78 is 1.87. The second kappa shape index (κ2) is 7.29. The van der Waals surface area contributed by atoms with Gasteiger partial charge in [-0.15, -0.1) is 16.9 Å². The molecule has 1 fully saturated rings. The molecule has 3 aromatic rings. The number of benzene rings is 2. The van der Waals surface area contributed by atoms with Crippen molar-refractivity contribution in [2.45, 2.75) is 36.0 Å². The number of hydrogen-bond donors (Lipinski definition) is 1. The van der Waals surface area contributed by atoms with Crippen molar-refractivity contribution in [3.63, 3.8) is 0 Å². The van der Waals surface area contributed by atoms with Crippen molar-refractivity contribution in [1.82, 2.24) is 20.2 Å². The number of nitrogens with zero attached hydrogens (tertiary/aromatic N) is 4. The van der Waals surface area contributed by atoms with Crippen LogP contribution in [0, 0.1) is 0 Å². The third-order valence-corrected chi connectivity index (χ3v) is 5.31. The minimum atomic E-state index is -0.196. The van der Waals surface area contributed by atoms with Crippen LogP contribution in [0.4, 0.5) is 5.69 Å². The molecule has 1 aliphatic carbocycles. The fourth-order valence-corrected chi connectivity index (χ4v) is 3.57. The van der Waals surface area contributed by atoms with E-state index in [-0.39, 0.29) is 11.2 Å². The predicted octanol–water partition coefficient (Wildman–Crippen LogP) is 3.79. The molecule has 1 heterocycles. The quantitative estimate of drug-likeness (QED) is 0.673. The second-order valence-electron chi connectivity index (χ2n) is 6.32. The summed E-state index contributed by atoms with van der Waals surface area (Å²) >= 11 is 1.54. The molecule has 6 nitrogen and oxygen atoms in total. The third-order valence-electron chi connectivity index (χ3n) is 4.20. The number of amides is 1. The molecule has 7 heteroatoms. The Hall–Kier alpha value is -2.67. The maximum Gasteiger partial charge on any atom is 0.237 e.